The van der Waals surface area contributed by atoms with Crippen LogP contribution in [0.1, 0.15) is 0 Å². The van der Waals surface area contributed by atoms with Crippen LogP contribution >= 0.6 is 11.6 Å². The minimum atomic E-state index is 0.701. The highest BCUT2D eigenvalue weighted by Crippen LogP contribution is 2.30. The Bertz CT molecular complexity index is 960. The topological polar surface area (TPSA) is 17.8 Å². The molecule has 1 heterocycles. The van der Waals surface area contributed by atoms with Crippen molar-refractivity contribution in [2.24, 2.45) is 0 Å². The van der Waals surface area contributed by atoms with Crippen LogP contribution in [0.3, 0.4) is 0 Å². The van der Waals surface area contributed by atoms with E-state index in [0.717, 1.165) is 28.3 Å². The van der Waals surface area contributed by atoms with Crippen molar-refractivity contribution in [1.29, 1.82) is 0 Å². The molecule has 0 bridgehead atoms. The number of imidazole rings is 1. The van der Waals surface area contributed by atoms with E-state index in [1.807, 2.05) is 66.9 Å². The van der Waals surface area contributed by atoms with Crippen LogP contribution in [0, 0.1) is 0 Å². The third kappa shape index (κ3) is 2.72. The summed E-state index contributed by atoms with van der Waals surface area (Å²) in [4.78, 5) is 4.87. The molecule has 0 radical (unpaired) electrons. The summed E-state index contributed by atoms with van der Waals surface area (Å²) in [6, 6.07) is 28.2. The van der Waals surface area contributed by atoms with E-state index in [-0.39, 0.29) is 0 Å². The van der Waals surface area contributed by atoms with Gasteiger partial charge in [0.2, 0.25) is 0 Å². The monoisotopic (exact) mass is 330 g/mol. The number of hydrogen-bond acceptors (Lipinski definition) is 1. The van der Waals surface area contributed by atoms with Gasteiger partial charge >= 0.3 is 0 Å². The highest BCUT2D eigenvalue weighted by molar-refractivity contribution is 6.32. The van der Waals surface area contributed by atoms with Gasteiger partial charge in [-0.25, -0.2) is 4.98 Å². The summed E-state index contributed by atoms with van der Waals surface area (Å²) in [5.74, 6) is 0.877. The Balaban J connectivity index is 1.94. The standard InChI is InChI=1S/C21H15ClN2/c22-18-13-7-8-14-20(18)24-15-19(16-9-3-1-4-10-16)23-21(24)17-11-5-2-6-12-17/h1-15H. The van der Waals surface area contributed by atoms with Gasteiger partial charge in [0, 0.05) is 17.3 Å². The lowest BCUT2D eigenvalue weighted by atomic mass is 10.2. The highest BCUT2D eigenvalue weighted by Gasteiger charge is 2.14. The van der Waals surface area contributed by atoms with Crippen molar-refractivity contribution < 1.29 is 0 Å². The van der Waals surface area contributed by atoms with Gasteiger partial charge in [-0.05, 0) is 12.1 Å². The maximum atomic E-state index is 6.42. The summed E-state index contributed by atoms with van der Waals surface area (Å²) in [6.45, 7) is 0. The molecule has 0 N–H and O–H groups in total. The van der Waals surface area contributed by atoms with E-state index in [9.17, 15) is 0 Å². The number of para-hydroxylation sites is 1. The lowest BCUT2D eigenvalue weighted by Crippen LogP contribution is -1.96. The molecule has 24 heavy (non-hydrogen) atoms. The molecule has 0 saturated carbocycles. The van der Waals surface area contributed by atoms with Crippen molar-refractivity contribution in [2.45, 2.75) is 0 Å². The summed E-state index contributed by atoms with van der Waals surface area (Å²) in [5, 5.41) is 0.701. The first kappa shape index (κ1) is 14.7. The molecule has 0 aliphatic rings. The third-order valence-corrected chi connectivity index (χ3v) is 4.24. The summed E-state index contributed by atoms with van der Waals surface area (Å²) in [5.41, 5.74) is 3.99. The smallest absolute Gasteiger partial charge is 0.145 e. The normalized spacial score (nSPS) is 10.7. The van der Waals surface area contributed by atoms with Crippen molar-refractivity contribution >= 4 is 11.6 Å². The molecule has 0 saturated heterocycles. The first-order valence-corrected chi connectivity index (χ1v) is 8.16. The molecule has 0 aliphatic heterocycles. The molecule has 4 rings (SSSR count). The molecule has 3 heteroatoms. The van der Waals surface area contributed by atoms with Crippen LogP contribution < -0.4 is 0 Å². The largest absolute Gasteiger partial charge is 0.298 e. The van der Waals surface area contributed by atoms with Gasteiger partial charge in [0.1, 0.15) is 5.82 Å². The molecule has 0 fully saturated rings. The molecule has 0 spiro atoms. The Kier molecular flexibility index (Phi) is 3.89. The Morgan fingerprint density at radius 1 is 0.667 bits per heavy atom. The number of halogens is 1. The number of aromatic nitrogens is 2. The van der Waals surface area contributed by atoms with E-state index in [2.05, 4.69) is 28.8 Å². The minimum Gasteiger partial charge on any atom is -0.298 e. The average molecular weight is 331 g/mol. The molecule has 3 aromatic carbocycles. The quantitative estimate of drug-likeness (QED) is 0.460. The molecular formula is C21H15ClN2. The fourth-order valence-corrected chi connectivity index (χ4v) is 2.98. The highest BCUT2D eigenvalue weighted by atomic mass is 35.5. The SMILES string of the molecule is Clc1ccccc1-n1cc(-c2ccccc2)nc1-c1ccccc1. The second-order valence-corrected chi connectivity index (χ2v) is 5.91. The molecule has 0 amide bonds. The molecule has 0 aliphatic carbocycles. The first-order chi connectivity index (χ1) is 11.8. The van der Waals surface area contributed by atoms with Crippen LogP contribution in [-0.2, 0) is 0 Å². The van der Waals surface area contributed by atoms with Gasteiger partial charge in [0.25, 0.3) is 0 Å². The summed E-state index contributed by atoms with van der Waals surface area (Å²) < 4.78 is 2.06. The number of rotatable bonds is 3. The Morgan fingerprint density at radius 2 is 1.25 bits per heavy atom. The van der Waals surface area contributed by atoms with E-state index in [0.29, 0.717) is 5.02 Å². The summed E-state index contributed by atoms with van der Waals surface area (Å²) in [6.07, 6.45) is 2.04. The Labute approximate surface area is 146 Å². The van der Waals surface area contributed by atoms with E-state index < -0.39 is 0 Å². The van der Waals surface area contributed by atoms with Crippen molar-refractivity contribution in [1.82, 2.24) is 9.55 Å². The van der Waals surface area contributed by atoms with E-state index in [1.54, 1.807) is 0 Å². The van der Waals surface area contributed by atoms with Gasteiger partial charge < -0.3 is 0 Å². The van der Waals surface area contributed by atoms with E-state index in [1.165, 1.54) is 0 Å². The van der Waals surface area contributed by atoms with Gasteiger partial charge in [-0.2, -0.15) is 0 Å². The first-order valence-electron chi connectivity index (χ1n) is 7.78. The molecular weight excluding hydrogens is 316 g/mol. The summed E-state index contributed by atoms with van der Waals surface area (Å²) in [7, 11) is 0. The number of hydrogen-bond donors (Lipinski definition) is 0. The average Bonchev–Trinajstić information content (AvgIpc) is 3.09. The summed E-state index contributed by atoms with van der Waals surface area (Å²) >= 11 is 6.42. The van der Waals surface area contributed by atoms with Crippen LogP contribution in [0.2, 0.25) is 5.02 Å². The zero-order chi connectivity index (χ0) is 16.4. The predicted octanol–water partition coefficient (Wildman–Crippen LogP) is 5.86. The van der Waals surface area contributed by atoms with Crippen molar-refractivity contribution in [2.75, 3.05) is 0 Å². The van der Waals surface area contributed by atoms with Gasteiger partial charge in [-0.1, -0.05) is 84.4 Å². The van der Waals surface area contributed by atoms with Gasteiger partial charge in [0.15, 0.2) is 0 Å². The molecule has 2 nitrogen and oxygen atoms in total. The number of nitrogens with zero attached hydrogens (tertiary/aromatic N) is 2. The molecule has 4 aromatic rings. The second kappa shape index (κ2) is 6.34. The van der Waals surface area contributed by atoms with Crippen molar-refractivity contribution in [3.63, 3.8) is 0 Å². The lowest BCUT2D eigenvalue weighted by Gasteiger charge is -2.09. The predicted molar refractivity (Wildman–Crippen MR) is 99.4 cm³/mol. The van der Waals surface area contributed by atoms with Crippen molar-refractivity contribution in [3.05, 3.63) is 96.1 Å². The zero-order valence-corrected chi connectivity index (χ0v) is 13.7. The Hall–Kier alpha value is -2.84. The fourth-order valence-electron chi connectivity index (χ4n) is 2.75. The molecule has 116 valence electrons. The maximum Gasteiger partial charge on any atom is 0.145 e. The van der Waals surface area contributed by atoms with Crippen LogP contribution in [-0.4, -0.2) is 9.55 Å². The maximum absolute atomic E-state index is 6.42. The zero-order valence-electron chi connectivity index (χ0n) is 12.9. The third-order valence-electron chi connectivity index (χ3n) is 3.92. The van der Waals surface area contributed by atoms with E-state index in [4.69, 9.17) is 16.6 Å². The van der Waals surface area contributed by atoms with Gasteiger partial charge in [0.05, 0.1) is 16.4 Å². The van der Waals surface area contributed by atoms with Crippen LogP contribution in [0.15, 0.2) is 91.1 Å². The van der Waals surface area contributed by atoms with Crippen LogP contribution in [0.4, 0.5) is 0 Å². The Morgan fingerprint density at radius 3 is 1.92 bits per heavy atom. The second-order valence-electron chi connectivity index (χ2n) is 5.50. The van der Waals surface area contributed by atoms with E-state index >= 15 is 0 Å². The molecule has 0 unspecified atom stereocenters. The lowest BCUT2D eigenvalue weighted by molar-refractivity contribution is 1.07. The fraction of sp³-hybridized carbons (Fsp3) is 0. The molecule has 0 atom stereocenters. The van der Waals surface area contributed by atoms with Crippen molar-refractivity contribution in [3.8, 4) is 28.3 Å². The van der Waals surface area contributed by atoms with Crippen LogP contribution in [0.5, 0.6) is 0 Å². The van der Waals surface area contributed by atoms with Gasteiger partial charge in [-0.3, -0.25) is 4.57 Å². The minimum absolute atomic E-state index is 0.701. The van der Waals surface area contributed by atoms with Crippen LogP contribution in [0.25, 0.3) is 28.3 Å². The van der Waals surface area contributed by atoms with Gasteiger partial charge in [-0.15, -0.1) is 0 Å². The number of benzene rings is 3. The molecule has 1 aromatic heterocycles.